The van der Waals surface area contributed by atoms with Crippen LogP contribution in [0.3, 0.4) is 0 Å². The van der Waals surface area contributed by atoms with Crippen molar-refractivity contribution in [2.24, 2.45) is 0 Å². The van der Waals surface area contributed by atoms with Crippen LogP contribution in [0.4, 0.5) is 8.78 Å². The third-order valence-corrected chi connectivity index (χ3v) is 3.45. The van der Waals surface area contributed by atoms with Crippen molar-refractivity contribution in [1.29, 1.82) is 0 Å². The first kappa shape index (κ1) is 14.7. The maximum Gasteiger partial charge on any atom is 0.141 e. The van der Waals surface area contributed by atoms with Gasteiger partial charge in [-0.25, -0.2) is 8.78 Å². The SMILES string of the molecule is Cc1cc(F)ccc1CC(=O)Cc1ccc(F)cc1Cl. The van der Waals surface area contributed by atoms with Crippen molar-refractivity contribution in [2.45, 2.75) is 19.8 Å². The zero-order valence-corrected chi connectivity index (χ0v) is 11.7. The monoisotopic (exact) mass is 294 g/mol. The predicted octanol–water partition coefficient (Wildman–Crippen LogP) is 4.28. The quantitative estimate of drug-likeness (QED) is 0.822. The molecule has 0 saturated carbocycles. The summed E-state index contributed by atoms with van der Waals surface area (Å²) in [4.78, 5) is 12.0. The Hall–Kier alpha value is -1.74. The van der Waals surface area contributed by atoms with Gasteiger partial charge in [0.1, 0.15) is 17.4 Å². The summed E-state index contributed by atoms with van der Waals surface area (Å²) in [7, 11) is 0. The highest BCUT2D eigenvalue weighted by atomic mass is 35.5. The molecule has 0 aliphatic rings. The smallest absolute Gasteiger partial charge is 0.141 e. The number of hydrogen-bond donors (Lipinski definition) is 0. The summed E-state index contributed by atoms with van der Waals surface area (Å²) in [6.45, 7) is 1.76. The molecule has 0 fully saturated rings. The molecule has 0 amide bonds. The van der Waals surface area contributed by atoms with E-state index >= 15 is 0 Å². The summed E-state index contributed by atoms with van der Waals surface area (Å²) in [6, 6.07) is 8.31. The molecule has 0 atom stereocenters. The molecule has 20 heavy (non-hydrogen) atoms. The lowest BCUT2D eigenvalue weighted by molar-refractivity contribution is -0.117. The van der Waals surface area contributed by atoms with Gasteiger partial charge in [-0.15, -0.1) is 0 Å². The van der Waals surface area contributed by atoms with Crippen molar-refractivity contribution in [3.63, 3.8) is 0 Å². The lowest BCUT2D eigenvalue weighted by atomic mass is 9.99. The van der Waals surface area contributed by atoms with Crippen molar-refractivity contribution in [3.05, 3.63) is 69.7 Å². The average Bonchev–Trinajstić information content (AvgIpc) is 2.36. The van der Waals surface area contributed by atoms with E-state index in [4.69, 9.17) is 11.6 Å². The molecule has 1 nitrogen and oxygen atoms in total. The summed E-state index contributed by atoms with van der Waals surface area (Å²) in [6.07, 6.45) is 0.343. The van der Waals surface area contributed by atoms with Crippen LogP contribution in [0.2, 0.25) is 5.02 Å². The molecule has 0 spiro atoms. The highest BCUT2D eigenvalue weighted by Crippen LogP contribution is 2.19. The lowest BCUT2D eigenvalue weighted by Crippen LogP contribution is -2.08. The van der Waals surface area contributed by atoms with Crippen molar-refractivity contribution in [3.8, 4) is 0 Å². The number of rotatable bonds is 4. The average molecular weight is 295 g/mol. The zero-order chi connectivity index (χ0) is 14.7. The van der Waals surface area contributed by atoms with E-state index in [9.17, 15) is 13.6 Å². The van der Waals surface area contributed by atoms with E-state index in [0.29, 0.717) is 5.56 Å². The van der Waals surface area contributed by atoms with Gasteiger partial charge in [0.25, 0.3) is 0 Å². The fourth-order valence-corrected chi connectivity index (χ4v) is 2.24. The van der Waals surface area contributed by atoms with Crippen LogP contribution in [-0.4, -0.2) is 5.78 Å². The zero-order valence-electron chi connectivity index (χ0n) is 10.9. The van der Waals surface area contributed by atoms with Crippen LogP contribution in [0, 0.1) is 18.6 Å². The Labute approximate surface area is 121 Å². The summed E-state index contributed by atoms with van der Waals surface area (Å²) in [5.41, 5.74) is 2.12. The minimum absolute atomic E-state index is 0.0479. The van der Waals surface area contributed by atoms with Crippen molar-refractivity contribution in [2.75, 3.05) is 0 Å². The van der Waals surface area contributed by atoms with Gasteiger partial charge in [-0.05, 0) is 47.9 Å². The highest BCUT2D eigenvalue weighted by Gasteiger charge is 2.10. The number of carbonyl (C=O) groups is 1. The van der Waals surface area contributed by atoms with Crippen molar-refractivity contribution < 1.29 is 13.6 Å². The van der Waals surface area contributed by atoms with Crippen LogP contribution in [0.25, 0.3) is 0 Å². The minimum atomic E-state index is -0.430. The number of aryl methyl sites for hydroxylation is 1. The molecule has 104 valence electrons. The lowest BCUT2D eigenvalue weighted by Gasteiger charge is -2.07. The molecule has 2 rings (SSSR count). The third-order valence-electron chi connectivity index (χ3n) is 3.09. The van der Waals surface area contributed by atoms with Crippen molar-refractivity contribution >= 4 is 17.4 Å². The van der Waals surface area contributed by atoms with E-state index in [0.717, 1.165) is 11.1 Å². The van der Waals surface area contributed by atoms with Gasteiger partial charge in [0, 0.05) is 17.9 Å². The molecule has 0 heterocycles. The molecule has 2 aromatic rings. The number of ketones is 1. The molecule has 0 bridgehead atoms. The van der Waals surface area contributed by atoms with Crippen LogP contribution in [0.1, 0.15) is 16.7 Å². The first-order chi connectivity index (χ1) is 9.45. The molecule has 4 heteroatoms. The normalized spacial score (nSPS) is 10.6. The van der Waals surface area contributed by atoms with Crippen LogP contribution in [0.15, 0.2) is 36.4 Å². The fraction of sp³-hybridized carbons (Fsp3) is 0.188. The molecule has 0 N–H and O–H groups in total. The maximum atomic E-state index is 13.0. The number of carbonyl (C=O) groups excluding carboxylic acids is 1. The van der Waals surface area contributed by atoms with E-state index in [2.05, 4.69) is 0 Å². The predicted molar refractivity (Wildman–Crippen MR) is 75.0 cm³/mol. The number of hydrogen-bond acceptors (Lipinski definition) is 1. The Morgan fingerprint density at radius 1 is 1.00 bits per heavy atom. The first-order valence-electron chi connectivity index (χ1n) is 6.16. The van der Waals surface area contributed by atoms with Gasteiger partial charge in [0.05, 0.1) is 0 Å². The molecular formula is C16H13ClF2O. The van der Waals surface area contributed by atoms with E-state index in [1.54, 1.807) is 13.0 Å². The van der Waals surface area contributed by atoms with Gasteiger partial charge in [0.15, 0.2) is 0 Å². The Kier molecular flexibility index (Phi) is 4.50. The van der Waals surface area contributed by atoms with Gasteiger partial charge in [0.2, 0.25) is 0 Å². The van der Waals surface area contributed by atoms with E-state index in [1.165, 1.54) is 30.3 Å². The second kappa shape index (κ2) is 6.14. The van der Waals surface area contributed by atoms with Gasteiger partial charge in [-0.3, -0.25) is 4.79 Å². The Morgan fingerprint density at radius 2 is 1.55 bits per heavy atom. The Balaban J connectivity index is 2.09. The molecule has 0 unspecified atom stereocenters. The third kappa shape index (κ3) is 3.64. The van der Waals surface area contributed by atoms with Gasteiger partial charge < -0.3 is 0 Å². The van der Waals surface area contributed by atoms with Crippen LogP contribution < -0.4 is 0 Å². The molecule has 0 aliphatic heterocycles. The number of halogens is 3. The minimum Gasteiger partial charge on any atom is -0.299 e. The number of benzene rings is 2. The van der Waals surface area contributed by atoms with Gasteiger partial charge in [-0.2, -0.15) is 0 Å². The van der Waals surface area contributed by atoms with Gasteiger partial charge >= 0.3 is 0 Å². The topological polar surface area (TPSA) is 17.1 Å². The highest BCUT2D eigenvalue weighted by molar-refractivity contribution is 6.31. The Morgan fingerprint density at radius 3 is 2.15 bits per heavy atom. The van der Waals surface area contributed by atoms with E-state index in [-0.39, 0.29) is 29.5 Å². The van der Waals surface area contributed by atoms with Crippen LogP contribution in [-0.2, 0) is 17.6 Å². The fourth-order valence-electron chi connectivity index (χ4n) is 2.01. The summed E-state index contributed by atoms with van der Waals surface area (Å²) in [5, 5.41) is 0.245. The second-order valence-corrected chi connectivity index (χ2v) is 5.11. The standard InChI is InChI=1S/C16H13ClF2O/c1-10-6-13(18)4-2-11(10)7-15(20)8-12-3-5-14(19)9-16(12)17/h2-6,9H,7-8H2,1H3. The maximum absolute atomic E-state index is 13.0. The van der Waals surface area contributed by atoms with E-state index in [1.807, 2.05) is 0 Å². The van der Waals surface area contributed by atoms with Crippen LogP contribution >= 0.6 is 11.6 Å². The molecule has 2 aromatic carbocycles. The number of Topliss-reactive ketones (excluding diaryl/α,β-unsaturated/α-hetero) is 1. The first-order valence-corrected chi connectivity index (χ1v) is 6.54. The largest absolute Gasteiger partial charge is 0.299 e. The van der Waals surface area contributed by atoms with E-state index < -0.39 is 5.82 Å². The molecule has 0 aromatic heterocycles. The summed E-state index contributed by atoms with van der Waals surface area (Å²) < 4.78 is 25.9. The molecular weight excluding hydrogens is 282 g/mol. The molecule has 0 aliphatic carbocycles. The van der Waals surface area contributed by atoms with Gasteiger partial charge in [-0.1, -0.05) is 23.7 Å². The molecule has 0 saturated heterocycles. The van der Waals surface area contributed by atoms with Crippen molar-refractivity contribution in [1.82, 2.24) is 0 Å². The second-order valence-electron chi connectivity index (χ2n) is 4.70. The summed E-state index contributed by atoms with van der Waals surface area (Å²) >= 11 is 5.89. The van der Waals surface area contributed by atoms with Crippen LogP contribution in [0.5, 0.6) is 0 Å². The molecule has 0 radical (unpaired) electrons. The summed E-state index contributed by atoms with van der Waals surface area (Å²) in [5.74, 6) is -0.797. The Bertz CT molecular complexity index is 597.